The van der Waals surface area contributed by atoms with Crippen molar-refractivity contribution in [1.82, 2.24) is 9.03 Å². The number of nitrogens with two attached hydrogens (primary N) is 1. The Kier molecular flexibility index (Phi) is 3.55. The van der Waals surface area contributed by atoms with Crippen LogP contribution >= 0.6 is 0 Å². The highest BCUT2D eigenvalue weighted by molar-refractivity contribution is 7.87. The standard InChI is InChI=1S/C9H18N4O3S/c10-9(11-14)5-6-13(8-3-4-8)17(15,16)12-7-1-2-7/h7-8,12,14H,1-6H2,(H2,10,11). The first-order valence-corrected chi connectivity index (χ1v) is 7.22. The van der Waals surface area contributed by atoms with Crippen LogP contribution in [-0.4, -0.2) is 42.4 Å². The molecule has 2 fully saturated rings. The van der Waals surface area contributed by atoms with Crippen molar-refractivity contribution in [2.24, 2.45) is 10.9 Å². The van der Waals surface area contributed by atoms with Crippen LogP contribution in [0.1, 0.15) is 32.1 Å². The Hall–Kier alpha value is -0.860. The molecule has 0 aromatic carbocycles. The van der Waals surface area contributed by atoms with Gasteiger partial charge in [-0.25, -0.2) is 0 Å². The lowest BCUT2D eigenvalue weighted by atomic mass is 10.4. The summed E-state index contributed by atoms with van der Waals surface area (Å²) in [6, 6.07) is 0.183. The van der Waals surface area contributed by atoms with Gasteiger partial charge in [-0.05, 0) is 25.7 Å². The molecule has 2 aliphatic rings. The molecule has 4 N–H and O–H groups in total. The van der Waals surface area contributed by atoms with Crippen LogP contribution < -0.4 is 10.5 Å². The molecule has 2 rings (SSSR count). The summed E-state index contributed by atoms with van der Waals surface area (Å²) < 4.78 is 28.2. The van der Waals surface area contributed by atoms with Crippen LogP contribution in [0, 0.1) is 0 Å². The van der Waals surface area contributed by atoms with Crippen molar-refractivity contribution < 1.29 is 13.6 Å². The van der Waals surface area contributed by atoms with Gasteiger partial charge in [-0.2, -0.15) is 17.4 Å². The molecular weight excluding hydrogens is 244 g/mol. The summed E-state index contributed by atoms with van der Waals surface area (Å²) in [7, 11) is -3.41. The molecule has 0 aromatic heterocycles. The zero-order chi connectivity index (χ0) is 12.5. The summed E-state index contributed by atoms with van der Waals surface area (Å²) in [5.41, 5.74) is 5.36. The zero-order valence-corrected chi connectivity index (χ0v) is 10.4. The van der Waals surface area contributed by atoms with E-state index >= 15 is 0 Å². The molecule has 0 amide bonds. The monoisotopic (exact) mass is 262 g/mol. The number of amidine groups is 1. The second-order valence-electron chi connectivity index (χ2n) is 4.58. The minimum atomic E-state index is -3.41. The molecule has 0 saturated heterocycles. The van der Waals surface area contributed by atoms with E-state index in [0.717, 1.165) is 25.7 Å². The fourth-order valence-electron chi connectivity index (χ4n) is 1.62. The lowest BCUT2D eigenvalue weighted by Gasteiger charge is -2.21. The zero-order valence-electron chi connectivity index (χ0n) is 9.54. The van der Waals surface area contributed by atoms with Crippen molar-refractivity contribution in [3.63, 3.8) is 0 Å². The van der Waals surface area contributed by atoms with Gasteiger partial charge in [-0.1, -0.05) is 5.16 Å². The molecule has 8 heteroatoms. The first-order valence-electron chi connectivity index (χ1n) is 5.78. The van der Waals surface area contributed by atoms with Gasteiger partial charge in [0.2, 0.25) is 0 Å². The molecular formula is C9H18N4O3S. The molecule has 0 aromatic rings. The lowest BCUT2D eigenvalue weighted by molar-refractivity contribution is 0.315. The lowest BCUT2D eigenvalue weighted by Crippen LogP contribution is -2.44. The van der Waals surface area contributed by atoms with E-state index in [1.54, 1.807) is 0 Å². The van der Waals surface area contributed by atoms with Crippen LogP contribution in [0.3, 0.4) is 0 Å². The minimum Gasteiger partial charge on any atom is -0.409 e. The van der Waals surface area contributed by atoms with E-state index in [4.69, 9.17) is 10.9 Å². The highest BCUT2D eigenvalue weighted by atomic mass is 32.2. The Morgan fingerprint density at radius 1 is 1.41 bits per heavy atom. The SMILES string of the molecule is NC(CCN(C1CC1)S(=O)(=O)NC1CC1)=NO. The molecule has 98 valence electrons. The fraction of sp³-hybridized carbons (Fsp3) is 0.889. The topological polar surface area (TPSA) is 108 Å². The molecule has 17 heavy (non-hydrogen) atoms. The van der Waals surface area contributed by atoms with Gasteiger partial charge < -0.3 is 10.9 Å². The van der Waals surface area contributed by atoms with Crippen LogP contribution in [-0.2, 0) is 10.2 Å². The Morgan fingerprint density at radius 3 is 2.53 bits per heavy atom. The first-order chi connectivity index (χ1) is 8.03. The van der Waals surface area contributed by atoms with Crippen LogP contribution in [0.15, 0.2) is 5.16 Å². The van der Waals surface area contributed by atoms with E-state index in [2.05, 4.69) is 9.88 Å². The average molecular weight is 262 g/mol. The van der Waals surface area contributed by atoms with Crippen molar-refractivity contribution in [2.75, 3.05) is 6.54 Å². The van der Waals surface area contributed by atoms with Gasteiger partial charge in [0.05, 0.1) is 0 Å². The highest BCUT2D eigenvalue weighted by Crippen LogP contribution is 2.30. The second kappa shape index (κ2) is 4.79. The molecule has 2 aliphatic carbocycles. The molecule has 0 radical (unpaired) electrons. The minimum absolute atomic E-state index is 0.0530. The predicted octanol–water partition coefficient (Wildman–Crippen LogP) is -0.416. The van der Waals surface area contributed by atoms with Crippen LogP contribution in [0.4, 0.5) is 0 Å². The van der Waals surface area contributed by atoms with E-state index in [-0.39, 0.29) is 30.9 Å². The Bertz CT molecular complexity index is 400. The molecule has 0 unspecified atom stereocenters. The Balaban J connectivity index is 1.95. The normalized spacial score (nSPS) is 22.1. The third kappa shape index (κ3) is 3.55. The van der Waals surface area contributed by atoms with Gasteiger partial charge in [0.1, 0.15) is 5.84 Å². The van der Waals surface area contributed by atoms with Gasteiger partial charge in [-0.15, -0.1) is 0 Å². The van der Waals surface area contributed by atoms with E-state index in [0.29, 0.717) is 0 Å². The smallest absolute Gasteiger partial charge is 0.279 e. The number of nitrogens with one attached hydrogen (secondary N) is 1. The molecule has 7 nitrogen and oxygen atoms in total. The molecule has 0 bridgehead atoms. The molecule has 0 heterocycles. The summed E-state index contributed by atoms with van der Waals surface area (Å²) in [6.07, 6.45) is 3.86. The number of hydrogen-bond acceptors (Lipinski definition) is 4. The van der Waals surface area contributed by atoms with E-state index < -0.39 is 10.2 Å². The maximum atomic E-state index is 12.0. The van der Waals surface area contributed by atoms with Crippen molar-refractivity contribution in [1.29, 1.82) is 0 Å². The quantitative estimate of drug-likeness (QED) is 0.251. The van der Waals surface area contributed by atoms with Crippen molar-refractivity contribution >= 4 is 16.0 Å². The molecule has 0 aliphatic heterocycles. The maximum absolute atomic E-state index is 12.0. The van der Waals surface area contributed by atoms with Crippen LogP contribution in [0.25, 0.3) is 0 Å². The summed E-state index contributed by atoms with van der Waals surface area (Å²) in [5.74, 6) is 0.0530. The number of oxime groups is 1. The number of nitrogens with zero attached hydrogens (tertiary/aromatic N) is 2. The van der Waals surface area contributed by atoms with Gasteiger partial charge >= 0.3 is 0 Å². The molecule has 2 saturated carbocycles. The Morgan fingerprint density at radius 2 is 2.06 bits per heavy atom. The van der Waals surface area contributed by atoms with Crippen molar-refractivity contribution in [3.05, 3.63) is 0 Å². The Labute approximate surface area is 101 Å². The van der Waals surface area contributed by atoms with Crippen LogP contribution in [0.5, 0.6) is 0 Å². The summed E-state index contributed by atoms with van der Waals surface area (Å²) in [6.45, 7) is 0.266. The molecule has 0 atom stereocenters. The van der Waals surface area contributed by atoms with Crippen molar-refractivity contribution in [3.8, 4) is 0 Å². The summed E-state index contributed by atoms with van der Waals surface area (Å²) >= 11 is 0. The number of hydrogen-bond donors (Lipinski definition) is 3. The third-order valence-electron chi connectivity index (χ3n) is 2.87. The van der Waals surface area contributed by atoms with Gasteiger partial charge in [0.15, 0.2) is 0 Å². The molecule has 0 spiro atoms. The van der Waals surface area contributed by atoms with Gasteiger partial charge in [-0.3, -0.25) is 0 Å². The van der Waals surface area contributed by atoms with E-state index in [1.807, 2.05) is 0 Å². The second-order valence-corrected chi connectivity index (χ2v) is 6.24. The summed E-state index contributed by atoms with van der Waals surface area (Å²) in [4.78, 5) is 0. The maximum Gasteiger partial charge on any atom is 0.279 e. The van der Waals surface area contributed by atoms with Crippen LogP contribution in [0.2, 0.25) is 0 Å². The summed E-state index contributed by atoms with van der Waals surface area (Å²) in [5, 5.41) is 11.3. The largest absolute Gasteiger partial charge is 0.409 e. The van der Waals surface area contributed by atoms with Gasteiger partial charge in [0.25, 0.3) is 10.2 Å². The average Bonchev–Trinajstić information content (AvgIpc) is 3.10. The van der Waals surface area contributed by atoms with Crippen molar-refractivity contribution in [2.45, 2.75) is 44.2 Å². The number of rotatable bonds is 7. The van der Waals surface area contributed by atoms with E-state index in [9.17, 15) is 8.42 Å². The third-order valence-corrected chi connectivity index (χ3v) is 4.60. The fourth-order valence-corrected chi connectivity index (χ4v) is 3.34. The van der Waals surface area contributed by atoms with E-state index in [1.165, 1.54) is 4.31 Å². The first kappa shape index (κ1) is 12.6. The van der Waals surface area contributed by atoms with Gasteiger partial charge in [0, 0.05) is 25.0 Å². The highest BCUT2D eigenvalue weighted by Gasteiger charge is 2.39. The predicted molar refractivity (Wildman–Crippen MR) is 62.8 cm³/mol.